The summed E-state index contributed by atoms with van der Waals surface area (Å²) in [7, 11) is 0. The van der Waals surface area contributed by atoms with Crippen LogP contribution in [0.5, 0.6) is 0 Å². The molecule has 9 aliphatic rings. The second-order valence-corrected chi connectivity index (χ2v) is 13.7. The third-order valence-corrected chi connectivity index (χ3v) is 11.5. The number of rotatable bonds is 2. The Labute approximate surface area is 193 Å². The number of nitrogens with zero attached hydrogens (tertiary/aromatic N) is 2. The van der Waals surface area contributed by atoms with Crippen LogP contribution in [0.1, 0.15) is 89.9 Å². The molecule has 0 radical (unpaired) electrons. The van der Waals surface area contributed by atoms with Gasteiger partial charge in [0.2, 0.25) is 11.8 Å². The summed E-state index contributed by atoms with van der Waals surface area (Å²) in [4.78, 5) is 32.1. The Morgan fingerprint density at radius 2 is 0.906 bits per heavy atom. The van der Waals surface area contributed by atoms with Crippen LogP contribution in [0.25, 0.3) is 0 Å². The molecule has 1 heterocycles. The Kier molecular flexibility index (Phi) is 4.58. The van der Waals surface area contributed by atoms with E-state index in [0.717, 1.165) is 100 Å². The Hall–Kier alpha value is -1.06. The summed E-state index contributed by atoms with van der Waals surface area (Å²) in [5.41, 5.74) is -0.0976. The number of fused-ring (bicyclic) bond motifs is 2. The fraction of sp³-hybridized carbons (Fsp3) is 0.929. The van der Waals surface area contributed by atoms with Crippen LogP contribution in [0.3, 0.4) is 0 Å². The lowest BCUT2D eigenvalue weighted by atomic mass is 9.58. The molecule has 8 saturated carbocycles. The highest BCUT2D eigenvalue weighted by atomic mass is 16.2. The van der Waals surface area contributed by atoms with E-state index in [2.05, 4.69) is 9.80 Å². The van der Waals surface area contributed by atoms with Gasteiger partial charge in [0.15, 0.2) is 0 Å². The van der Waals surface area contributed by atoms with Gasteiger partial charge >= 0.3 is 0 Å². The van der Waals surface area contributed by atoms with Gasteiger partial charge in [-0.15, -0.1) is 0 Å². The van der Waals surface area contributed by atoms with E-state index in [4.69, 9.17) is 0 Å². The van der Waals surface area contributed by atoms with E-state index in [0.29, 0.717) is 11.8 Å². The molecule has 0 spiro atoms. The molecule has 2 amide bonds. The molecule has 9 fully saturated rings. The van der Waals surface area contributed by atoms with Gasteiger partial charge in [-0.25, -0.2) is 0 Å². The molecule has 8 aliphatic carbocycles. The van der Waals surface area contributed by atoms with Gasteiger partial charge in [-0.05, 0) is 113 Å². The average molecular weight is 439 g/mol. The zero-order valence-electron chi connectivity index (χ0n) is 19.9. The highest BCUT2D eigenvalue weighted by molar-refractivity contribution is 5.85. The summed E-state index contributed by atoms with van der Waals surface area (Å²) in [6.07, 6.45) is 17.9. The van der Waals surface area contributed by atoms with Gasteiger partial charge in [-0.2, -0.15) is 0 Å². The van der Waals surface area contributed by atoms with Crippen LogP contribution in [0, 0.1) is 46.3 Å². The molecule has 0 N–H and O–H groups in total. The third kappa shape index (κ3) is 3.13. The minimum Gasteiger partial charge on any atom is -0.339 e. The zero-order chi connectivity index (χ0) is 21.5. The molecule has 176 valence electrons. The van der Waals surface area contributed by atoms with Crippen LogP contribution in [-0.4, -0.2) is 47.8 Å². The first-order chi connectivity index (χ1) is 15.5. The van der Waals surface area contributed by atoms with Crippen LogP contribution in [0.4, 0.5) is 0 Å². The fourth-order valence-corrected chi connectivity index (χ4v) is 10.7. The predicted octanol–water partition coefficient (Wildman–Crippen LogP) is 4.87. The van der Waals surface area contributed by atoms with Crippen molar-refractivity contribution in [2.75, 3.05) is 26.2 Å². The molecule has 4 nitrogen and oxygen atoms in total. The standard InChI is InChI=1S/C28H42N2O2/c31-25(27-4-3-19-9-22(16-27)13-23(10-19)17-27)29-5-7-30(8-6-29)26(32)28-14-20-1-2-21(15-28)12-24(11-20)18-28/h19-24H,1-18H2/t19?,20-,21+,22-,23-,24?,27?,28?/m1/s1. The number of carbonyl (C=O) groups is 2. The van der Waals surface area contributed by atoms with E-state index in [9.17, 15) is 9.59 Å². The van der Waals surface area contributed by atoms with Crippen molar-refractivity contribution in [3.8, 4) is 0 Å². The minimum atomic E-state index is -0.0527. The summed E-state index contributed by atoms with van der Waals surface area (Å²) in [6.45, 7) is 3.10. The molecule has 0 aromatic rings. The quantitative estimate of drug-likeness (QED) is 0.617. The van der Waals surface area contributed by atoms with E-state index < -0.39 is 0 Å². The van der Waals surface area contributed by atoms with Crippen LogP contribution in [-0.2, 0) is 9.59 Å². The maximum Gasteiger partial charge on any atom is 0.228 e. The van der Waals surface area contributed by atoms with Gasteiger partial charge in [0.05, 0.1) is 5.41 Å². The maximum absolute atomic E-state index is 13.9. The van der Waals surface area contributed by atoms with E-state index in [1.807, 2.05) is 0 Å². The van der Waals surface area contributed by atoms with Crippen molar-refractivity contribution < 1.29 is 9.59 Å². The lowest BCUT2D eigenvalue weighted by molar-refractivity contribution is -0.157. The first kappa shape index (κ1) is 20.3. The second kappa shape index (κ2) is 7.22. The Balaban J connectivity index is 1.04. The largest absolute Gasteiger partial charge is 0.339 e. The molecule has 0 aromatic carbocycles. The Morgan fingerprint density at radius 3 is 1.47 bits per heavy atom. The molecular formula is C28H42N2O2. The molecular weight excluding hydrogens is 396 g/mol. The van der Waals surface area contributed by atoms with E-state index in [1.165, 1.54) is 51.4 Å². The van der Waals surface area contributed by atoms with Gasteiger partial charge in [0.1, 0.15) is 0 Å². The molecule has 2 unspecified atom stereocenters. The Bertz CT molecular complexity index is 733. The first-order valence-electron chi connectivity index (χ1n) is 14.1. The van der Waals surface area contributed by atoms with Gasteiger partial charge in [0.25, 0.3) is 0 Å². The zero-order valence-corrected chi connectivity index (χ0v) is 19.9. The topological polar surface area (TPSA) is 40.6 Å². The molecule has 32 heavy (non-hydrogen) atoms. The summed E-state index contributed by atoms with van der Waals surface area (Å²) in [5, 5.41) is 0. The predicted molar refractivity (Wildman–Crippen MR) is 124 cm³/mol. The monoisotopic (exact) mass is 438 g/mol. The minimum absolute atomic E-state index is 0.0449. The van der Waals surface area contributed by atoms with Crippen LogP contribution in [0.2, 0.25) is 0 Å². The van der Waals surface area contributed by atoms with Gasteiger partial charge in [-0.3, -0.25) is 9.59 Å². The molecule has 1 aliphatic heterocycles. The third-order valence-electron chi connectivity index (χ3n) is 11.5. The number of carbonyl (C=O) groups excluding carboxylic acids is 2. The molecule has 4 heteroatoms. The van der Waals surface area contributed by atoms with Crippen LogP contribution < -0.4 is 0 Å². The van der Waals surface area contributed by atoms with Crippen molar-refractivity contribution in [2.45, 2.75) is 89.9 Å². The van der Waals surface area contributed by atoms with Crippen LogP contribution in [0.15, 0.2) is 0 Å². The average Bonchev–Trinajstić information content (AvgIpc) is 3.14. The molecule has 6 atom stereocenters. The molecule has 1 saturated heterocycles. The molecule has 8 bridgehead atoms. The van der Waals surface area contributed by atoms with Crippen molar-refractivity contribution in [1.29, 1.82) is 0 Å². The van der Waals surface area contributed by atoms with Gasteiger partial charge in [0, 0.05) is 31.6 Å². The normalized spacial score (nSPS) is 49.2. The second-order valence-electron chi connectivity index (χ2n) is 13.7. The highest BCUT2D eigenvalue weighted by Gasteiger charge is 2.55. The van der Waals surface area contributed by atoms with Crippen molar-refractivity contribution in [3.63, 3.8) is 0 Å². The van der Waals surface area contributed by atoms with Crippen molar-refractivity contribution in [2.24, 2.45) is 46.3 Å². The number of hydrogen-bond acceptors (Lipinski definition) is 2. The number of piperazine rings is 1. The SMILES string of the molecule is O=C(N1CCN(C(=O)C23CC4C[C@@H](CC[C@@H](C4)C2)C3)CC1)C12CCC3C[C@H](C[C@@H](C3)C1)C2. The lowest BCUT2D eigenvalue weighted by Gasteiger charge is -2.50. The molecule has 9 rings (SSSR count). The maximum atomic E-state index is 13.9. The van der Waals surface area contributed by atoms with E-state index >= 15 is 0 Å². The number of hydrogen-bond donors (Lipinski definition) is 0. The van der Waals surface area contributed by atoms with Crippen molar-refractivity contribution in [1.82, 2.24) is 9.80 Å². The number of amides is 2. The lowest BCUT2D eigenvalue weighted by Crippen LogP contribution is -2.58. The van der Waals surface area contributed by atoms with E-state index in [1.54, 1.807) is 0 Å². The first-order valence-corrected chi connectivity index (χ1v) is 14.1. The smallest absolute Gasteiger partial charge is 0.228 e. The van der Waals surface area contributed by atoms with Crippen LogP contribution >= 0.6 is 0 Å². The van der Waals surface area contributed by atoms with E-state index in [-0.39, 0.29) is 10.8 Å². The summed E-state index contributed by atoms with van der Waals surface area (Å²) in [5.74, 6) is 5.85. The summed E-state index contributed by atoms with van der Waals surface area (Å²) >= 11 is 0. The van der Waals surface area contributed by atoms with Crippen molar-refractivity contribution in [3.05, 3.63) is 0 Å². The summed E-state index contributed by atoms with van der Waals surface area (Å²) < 4.78 is 0. The van der Waals surface area contributed by atoms with Crippen molar-refractivity contribution >= 4 is 11.8 Å². The fourth-order valence-electron chi connectivity index (χ4n) is 10.7. The Morgan fingerprint density at radius 1 is 0.500 bits per heavy atom. The molecule has 0 aromatic heterocycles. The highest BCUT2D eigenvalue weighted by Crippen LogP contribution is 2.59. The summed E-state index contributed by atoms with van der Waals surface area (Å²) in [6, 6.07) is 0. The van der Waals surface area contributed by atoms with Gasteiger partial charge < -0.3 is 9.80 Å². The van der Waals surface area contributed by atoms with Gasteiger partial charge in [-0.1, -0.05) is 12.8 Å².